The molecule has 0 radical (unpaired) electrons. The van der Waals surface area contributed by atoms with Crippen molar-refractivity contribution in [2.75, 3.05) is 13.1 Å². The van der Waals surface area contributed by atoms with Crippen LogP contribution in [0.1, 0.15) is 24.7 Å². The van der Waals surface area contributed by atoms with Gasteiger partial charge in [0, 0.05) is 6.54 Å². The quantitative estimate of drug-likeness (QED) is 0.877. The number of halogens is 1. The molecule has 1 aliphatic heterocycles. The van der Waals surface area contributed by atoms with Crippen molar-refractivity contribution in [3.8, 4) is 11.5 Å². The average molecular weight is 248 g/mol. The molecule has 0 spiro atoms. The second kappa shape index (κ2) is 4.81. The van der Waals surface area contributed by atoms with Crippen molar-refractivity contribution in [3.63, 3.8) is 0 Å². The SMILES string of the molecule is Fc1ccc(-c2noc([C@@H]3CCCNC3)n2)nc1. The third-order valence-electron chi connectivity index (χ3n) is 3.04. The normalized spacial score (nSPS) is 19.9. The van der Waals surface area contributed by atoms with E-state index < -0.39 is 0 Å². The number of aromatic nitrogens is 3. The molecule has 1 fully saturated rings. The molecule has 6 heteroatoms. The number of pyridine rings is 1. The van der Waals surface area contributed by atoms with E-state index in [1.165, 1.54) is 6.07 Å². The Balaban J connectivity index is 1.82. The Kier molecular flexibility index (Phi) is 3.02. The van der Waals surface area contributed by atoms with Crippen LogP contribution in [0.2, 0.25) is 0 Å². The molecule has 0 aromatic carbocycles. The van der Waals surface area contributed by atoms with E-state index in [9.17, 15) is 4.39 Å². The van der Waals surface area contributed by atoms with Gasteiger partial charge in [-0.2, -0.15) is 4.98 Å². The molecule has 1 atom stereocenters. The van der Waals surface area contributed by atoms with Gasteiger partial charge in [-0.25, -0.2) is 9.37 Å². The fourth-order valence-corrected chi connectivity index (χ4v) is 2.08. The second-order valence-corrected chi connectivity index (χ2v) is 4.36. The largest absolute Gasteiger partial charge is 0.339 e. The highest BCUT2D eigenvalue weighted by Crippen LogP contribution is 2.23. The first kappa shape index (κ1) is 11.3. The van der Waals surface area contributed by atoms with Crippen LogP contribution in [0.15, 0.2) is 22.9 Å². The van der Waals surface area contributed by atoms with Crippen LogP contribution >= 0.6 is 0 Å². The molecule has 1 aliphatic rings. The second-order valence-electron chi connectivity index (χ2n) is 4.36. The molecule has 0 aliphatic carbocycles. The van der Waals surface area contributed by atoms with E-state index in [1.807, 2.05) is 0 Å². The summed E-state index contributed by atoms with van der Waals surface area (Å²) in [5.74, 6) is 0.929. The van der Waals surface area contributed by atoms with Gasteiger partial charge in [-0.1, -0.05) is 5.16 Å². The third-order valence-corrected chi connectivity index (χ3v) is 3.04. The standard InChI is InChI=1S/C12H13FN4O/c13-9-3-4-10(15-7-9)11-16-12(18-17-11)8-2-1-5-14-6-8/h3-4,7-8,14H,1-2,5-6H2/t8-/m1/s1. The van der Waals surface area contributed by atoms with Crippen molar-refractivity contribution >= 4 is 0 Å². The molecule has 2 aromatic heterocycles. The van der Waals surface area contributed by atoms with Gasteiger partial charge in [-0.15, -0.1) is 0 Å². The Morgan fingerprint density at radius 2 is 2.33 bits per heavy atom. The molecule has 94 valence electrons. The summed E-state index contributed by atoms with van der Waals surface area (Å²) in [6.45, 7) is 1.90. The van der Waals surface area contributed by atoms with E-state index in [1.54, 1.807) is 6.07 Å². The predicted octanol–water partition coefficient (Wildman–Crippen LogP) is 1.74. The van der Waals surface area contributed by atoms with E-state index >= 15 is 0 Å². The third kappa shape index (κ3) is 2.24. The molecule has 1 N–H and O–H groups in total. The van der Waals surface area contributed by atoms with Crippen molar-refractivity contribution in [1.82, 2.24) is 20.4 Å². The van der Waals surface area contributed by atoms with Crippen LogP contribution < -0.4 is 5.32 Å². The van der Waals surface area contributed by atoms with Gasteiger partial charge in [-0.05, 0) is 31.5 Å². The monoisotopic (exact) mass is 248 g/mol. The van der Waals surface area contributed by atoms with Crippen LogP contribution in [-0.2, 0) is 0 Å². The minimum absolute atomic E-state index is 0.264. The maximum Gasteiger partial charge on any atom is 0.231 e. The maximum absolute atomic E-state index is 12.8. The zero-order chi connectivity index (χ0) is 12.4. The predicted molar refractivity (Wildman–Crippen MR) is 62.3 cm³/mol. The lowest BCUT2D eigenvalue weighted by Gasteiger charge is -2.18. The molecule has 5 nitrogen and oxygen atoms in total. The minimum atomic E-state index is -0.376. The Morgan fingerprint density at radius 1 is 1.39 bits per heavy atom. The Hall–Kier alpha value is -1.82. The summed E-state index contributed by atoms with van der Waals surface area (Å²) in [5.41, 5.74) is 0.523. The van der Waals surface area contributed by atoms with Gasteiger partial charge in [0.25, 0.3) is 0 Å². The smallest absolute Gasteiger partial charge is 0.231 e. The molecule has 2 aromatic rings. The van der Waals surface area contributed by atoms with Crippen LogP contribution in [0.5, 0.6) is 0 Å². The summed E-state index contributed by atoms with van der Waals surface area (Å²) in [7, 11) is 0. The lowest BCUT2D eigenvalue weighted by atomic mass is 10.00. The molecular weight excluding hydrogens is 235 g/mol. The van der Waals surface area contributed by atoms with E-state index in [0.29, 0.717) is 17.4 Å². The number of nitrogens with zero attached hydrogens (tertiary/aromatic N) is 3. The first-order valence-corrected chi connectivity index (χ1v) is 5.99. The number of rotatable bonds is 2. The van der Waals surface area contributed by atoms with Gasteiger partial charge < -0.3 is 9.84 Å². The van der Waals surface area contributed by atoms with Crippen LogP contribution in [-0.4, -0.2) is 28.2 Å². The number of hydrogen-bond donors (Lipinski definition) is 1. The van der Waals surface area contributed by atoms with Crippen LogP contribution in [0.25, 0.3) is 11.5 Å². The molecule has 0 bridgehead atoms. The van der Waals surface area contributed by atoms with E-state index in [4.69, 9.17) is 4.52 Å². The van der Waals surface area contributed by atoms with Crippen molar-refractivity contribution in [3.05, 3.63) is 30.0 Å². The van der Waals surface area contributed by atoms with Crippen LogP contribution in [0.4, 0.5) is 4.39 Å². The highest BCUT2D eigenvalue weighted by Gasteiger charge is 2.21. The molecule has 0 unspecified atom stereocenters. The highest BCUT2D eigenvalue weighted by atomic mass is 19.1. The van der Waals surface area contributed by atoms with Gasteiger partial charge >= 0.3 is 0 Å². The maximum atomic E-state index is 12.8. The van der Waals surface area contributed by atoms with E-state index in [-0.39, 0.29) is 11.7 Å². The van der Waals surface area contributed by atoms with Gasteiger partial charge in [-0.3, -0.25) is 0 Å². The van der Waals surface area contributed by atoms with Gasteiger partial charge in [0.15, 0.2) is 0 Å². The molecule has 18 heavy (non-hydrogen) atoms. The van der Waals surface area contributed by atoms with E-state index in [0.717, 1.165) is 32.1 Å². The summed E-state index contributed by atoms with van der Waals surface area (Å²) in [4.78, 5) is 8.26. The van der Waals surface area contributed by atoms with Gasteiger partial charge in [0.1, 0.15) is 11.5 Å². The fraction of sp³-hybridized carbons (Fsp3) is 0.417. The average Bonchev–Trinajstić information content (AvgIpc) is 2.90. The zero-order valence-corrected chi connectivity index (χ0v) is 9.77. The van der Waals surface area contributed by atoms with Crippen molar-refractivity contribution in [2.24, 2.45) is 0 Å². The molecule has 1 saturated heterocycles. The van der Waals surface area contributed by atoms with Crippen LogP contribution in [0.3, 0.4) is 0 Å². The number of hydrogen-bond acceptors (Lipinski definition) is 5. The number of piperidine rings is 1. The summed E-state index contributed by atoms with van der Waals surface area (Å²) >= 11 is 0. The summed E-state index contributed by atoms with van der Waals surface area (Å²) in [5, 5.41) is 7.19. The number of nitrogens with one attached hydrogen (secondary N) is 1. The first-order chi connectivity index (χ1) is 8.83. The molecule has 3 heterocycles. The zero-order valence-electron chi connectivity index (χ0n) is 9.77. The topological polar surface area (TPSA) is 63.8 Å². The van der Waals surface area contributed by atoms with Crippen molar-refractivity contribution in [2.45, 2.75) is 18.8 Å². The van der Waals surface area contributed by atoms with Crippen molar-refractivity contribution < 1.29 is 8.91 Å². The molecular formula is C12H13FN4O. The van der Waals surface area contributed by atoms with E-state index in [2.05, 4.69) is 20.4 Å². The summed E-state index contributed by atoms with van der Waals surface area (Å²) < 4.78 is 18.0. The lowest BCUT2D eigenvalue weighted by Crippen LogP contribution is -2.28. The Labute approximate surface area is 103 Å². The Bertz CT molecular complexity index is 519. The molecule has 3 rings (SSSR count). The molecule has 0 saturated carbocycles. The van der Waals surface area contributed by atoms with Gasteiger partial charge in [0.05, 0.1) is 12.1 Å². The van der Waals surface area contributed by atoms with Crippen molar-refractivity contribution in [1.29, 1.82) is 0 Å². The Morgan fingerprint density at radius 3 is 3.06 bits per heavy atom. The minimum Gasteiger partial charge on any atom is -0.339 e. The molecule has 0 amide bonds. The lowest BCUT2D eigenvalue weighted by molar-refractivity contribution is 0.322. The highest BCUT2D eigenvalue weighted by molar-refractivity contribution is 5.47. The fourth-order valence-electron chi connectivity index (χ4n) is 2.08. The first-order valence-electron chi connectivity index (χ1n) is 5.99. The van der Waals surface area contributed by atoms with Gasteiger partial charge in [0.2, 0.25) is 11.7 Å². The summed E-state index contributed by atoms with van der Waals surface area (Å²) in [6, 6.07) is 2.88. The van der Waals surface area contributed by atoms with Crippen LogP contribution in [0, 0.1) is 5.82 Å². The summed E-state index contributed by atoms with van der Waals surface area (Å²) in [6.07, 6.45) is 3.30.